The molecule has 4 rings (SSSR count). The van der Waals surface area contributed by atoms with Crippen LogP contribution < -0.4 is 10.6 Å². The molecule has 0 radical (unpaired) electrons. The van der Waals surface area contributed by atoms with Crippen molar-refractivity contribution in [3.05, 3.63) is 41.7 Å². The van der Waals surface area contributed by atoms with Gasteiger partial charge in [0.25, 0.3) is 0 Å². The zero-order valence-electron chi connectivity index (χ0n) is 18.8. The molecule has 8 heteroatoms. The third kappa shape index (κ3) is 5.24. The lowest BCUT2D eigenvalue weighted by Gasteiger charge is -2.12. The first kappa shape index (κ1) is 21.3. The van der Waals surface area contributed by atoms with E-state index in [1.54, 1.807) is 0 Å². The predicted molar refractivity (Wildman–Crippen MR) is 124 cm³/mol. The fourth-order valence-electron chi connectivity index (χ4n) is 4.26. The highest BCUT2D eigenvalue weighted by Crippen LogP contribution is 2.16. The molecule has 3 heterocycles. The lowest BCUT2D eigenvalue weighted by molar-refractivity contribution is 0.600. The van der Waals surface area contributed by atoms with E-state index < -0.39 is 0 Å². The Balaban J connectivity index is 1.28. The SMILES string of the molecule is CCNC(=NCCCn1c(C)nc2ccccc21)NCCc1nnc2n1CCCCC2. The van der Waals surface area contributed by atoms with Gasteiger partial charge in [-0.2, -0.15) is 0 Å². The summed E-state index contributed by atoms with van der Waals surface area (Å²) in [5.74, 6) is 4.16. The number of para-hydroxylation sites is 2. The van der Waals surface area contributed by atoms with Crippen LogP contribution in [0.5, 0.6) is 0 Å². The third-order valence-corrected chi connectivity index (χ3v) is 5.83. The average Bonchev–Trinajstić information content (AvgIpc) is 3.20. The maximum Gasteiger partial charge on any atom is 0.191 e. The van der Waals surface area contributed by atoms with Crippen LogP contribution in [0.1, 0.15) is 50.1 Å². The van der Waals surface area contributed by atoms with Crippen molar-refractivity contribution < 1.29 is 0 Å². The smallest absolute Gasteiger partial charge is 0.191 e. The standard InChI is InChI=1S/C23H34N8/c1-3-24-23(26-15-13-22-29-28-21-12-5-4-8-16-31(21)22)25-14-9-17-30-18(2)27-19-10-6-7-11-20(19)30/h6-7,10-11H,3-5,8-9,12-17H2,1-2H3,(H2,24,25,26). The number of aliphatic imine (C=N–C) groups is 1. The molecular formula is C23H34N8. The van der Waals surface area contributed by atoms with E-state index in [0.29, 0.717) is 0 Å². The molecule has 0 unspecified atom stereocenters. The number of guanidine groups is 1. The number of imidazole rings is 1. The monoisotopic (exact) mass is 422 g/mol. The second-order valence-electron chi connectivity index (χ2n) is 8.09. The number of hydrogen-bond donors (Lipinski definition) is 2. The Bertz CT molecular complexity index is 1020. The number of aryl methyl sites for hydroxylation is 3. The Morgan fingerprint density at radius 3 is 2.94 bits per heavy atom. The zero-order valence-corrected chi connectivity index (χ0v) is 18.8. The van der Waals surface area contributed by atoms with Crippen LogP contribution in [0, 0.1) is 6.92 Å². The lowest BCUT2D eigenvalue weighted by Crippen LogP contribution is -2.38. The second-order valence-corrected chi connectivity index (χ2v) is 8.09. The Hall–Kier alpha value is -2.90. The van der Waals surface area contributed by atoms with E-state index in [2.05, 4.69) is 67.0 Å². The summed E-state index contributed by atoms with van der Waals surface area (Å²) in [4.78, 5) is 9.41. The van der Waals surface area contributed by atoms with E-state index in [1.165, 1.54) is 24.8 Å². The molecule has 0 amide bonds. The maximum absolute atomic E-state index is 4.76. The Labute approximate surface area is 184 Å². The minimum Gasteiger partial charge on any atom is -0.357 e. The van der Waals surface area contributed by atoms with Crippen LogP contribution in [0.15, 0.2) is 29.3 Å². The summed E-state index contributed by atoms with van der Waals surface area (Å²) in [5.41, 5.74) is 2.26. The summed E-state index contributed by atoms with van der Waals surface area (Å²) in [7, 11) is 0. The Morgan fingerprint density at radius 2 is 2.03 bits per heavy atom. The van der Waals surface area contributed by atoms with Crippen LogP contribution in [-0.4, -0.2) is 49.9 Å². The molecule has 1 aliphatic heterocycles. The fourth-order valence-corrected chi connectivity index (χ4v) is 4.26. The van der Waals surface area contributed by atoms with Crippen molar-refractivity contribution in [2.45, 2.75) is 65.5 Å². The number of rotatable bonds is 8. The van der Waals surface area contributed by atoms with Crippen LogP contribution >= 0.6 is 0 Å². The third-order valence-electron chi connectivity index (χ3n) is 5.83. The first-order valence-corrected chi connectivity index (χ1v) is 11.6. The first-order valence-electron chi connectivity index (χ1n) is 11.6. The van der Waals surface area contributed by atoms with Gasteiger partial charge in [-0.1, -0.05) is 18.6 Å². The molecule has 0 bridgehead atoms. The van der Waals surface area contributed by atoms with Crippen LogP contribution in [0.2, 0.25) is 0 Å². The molecule has 0 fully saturated rings. The maximum atomic E-state index is 4.76. The Morgan fingerprint density at radius 1 is 1.13 bits per heavy atom. The van der Waals surface area contributed by atoms with Crippen molar-refractivity contribution in [2.75, 3.05) is 19.6 Å². The number of nitrogens with zero attached hydrogens (tertiary/aromatic N) is 6. The van der Waals surface area contributed by atoms with Crippen LogP contribution in [0.3, 0.4) is 0 Å². The van der Waals surface area contributed by atoms with Gasteiger partial charge in [-0.3, -0.25) is 4.99 Å². The molecule has 166 valence electrons. The van der Waals surface area contributed by atoms with Gasteiger partial charge in [0.1, 0.15) is 17.5 Å². The number of aromatic nitrogens is 5. The highest BCUT2D eigenvalue weighted by Gasteiger charge is 2.14. The number of fused-ring (bicyclic) bond motifs is 2. The molecule has 0 spiro atoms. The topological polar surface area (TPSA) is 84.9 Å². The summed E-state index contributed by atoms with van der Waals surface area (Å²) in [6, 6.07) is 8.31. The van der Waals surface area contributed by atoms with E-state index in [4.69, 9.17) is 4.99 Å². The van der Waals surface area contributed by atoms with E-state index >= 15 is 0 Å². The van der Waals surface area contributed by atoms with Gasteiger partial charge in [0, 0.05) is 45.6 Å². The quantitative estimate of drug-likeness (QED) is 0.331. The summed E-state index contributed by atoms with van der Waals surface area (Å²) < 4.78 is 4.60. The molecule has 0 aliphatic carbocycles. The Kier molecular flexibility index (Phi) is 7.17. The lowest BCUT2D eigenvalue weighted by atomic mass is 10.2. The first-order chi connectivity index (χ1) is 15.3. The molecule has 31 heavy (non-hydrogen) atoms. The number of nitrogens with one attached hydrogen (secondary N) is 2. The molecule has 0 saturated carbocycles. The van der Waals surface area contributed by atoms with Crippen molar-refractivity contribution in [2.24, 2.45) is 4.99 Å². The van der Waals surface area contributed by atoms with Crippen molar-refractivity contribution in [3.63, 3.8) is 0 Å². The summed E-state index contributed by atoms with van der Waals surface area (Å²) in [6.07, 6.45) is 6.61. The van der Waals surface area contributed by atoms with Gasteiger partial charge in [-0.15, -0.1) is 10.2 Å². The van der Waals surface area contributed by atoms with Gasteiger partial charge < -0.3 is 19.8 Å². The van der Waals surface area contributed by atoms with Gasteiger partial charge >= 0.3 is 0 Å². The van der Waals surface area contributed by atoms with Gasteiger partial charge in [0.05, 0.1) is 11.0 Å². The largest absolute Gasteiger partial charge is 0.357 e. The summed E-state index contributed by atoms with van der Waals surface area (Å²) in [6.45, 7) is 8.54. The minimum atomic E-state index is 0.765. The summed E-state index contributed by atoms with van der Waals surface area (Å²) in [5, 5.41) is 15.6. The van der Waals surface area contributed by atoms with Gasteiger partial charge in [-0.25, -0.2) is 4.98 Å². The average molecular weight is 423 g/mol. The predicted octanol–water partition coefficient (Wildman–Crippen LogP) is 2.85. The van der Waals surface area contributed by atoms with E-state index in [-0.39, 0.29) is 0 Å². The minimum absolute atomic E-state index is 0.765. The van der Waals surface area contributed by atoms with Crippen molar-refractivity contribution in [3.8, 4) is 0 Å². The normalized spacial score (nSPS) is 14.5. The van der Waals surface area contributed by atoms with E-state index in [9.17, 15) is 0 Å². The van der Waals surface area contributed by atoms with Crippen LogP contribution in [-0.2, 0) is 25.9 Å². The molecule has 1 aromatic carbocycles. The van der Waals surface area contributed by atoms with Crippen LogP contribution in [0.25, 0.3) is 11.0 Å². The van der Waals surface area contributed by atoms with E-state index in [1.807, 2.05) is 6.07 Å². The van der Waals surface area contributed by atoms with Crippen molar-refractivity contribution >= 4 is 17.0 Å². The molecule has 2 aromatic heterocycles. The van der Waals surface area contributed by atoms with Gasteiger partial charge in [0.2, 0.25) is 0 Å². The molecule has 0 atom stereocenters. The molecule has 8 nitrogen and oxygen atoms in total. The van der Waals surface area contributed by atoms with Crippen molar-refractivity contribution in [1.82, 2.24) is 34.9 Å². The number of hydrogen-bond acceptors (Lipinski definition) is 4. The van der Waals surface area contributed by atoms with Gasteiger partial charge in [-0.05, 0) is 45.2 Å². The second kappa shape index (κ2) is 10.4. The fraction of sp³-hybridized carbons (Fsp3) is 0.565. The highest BCUT2D eigenvalue weighted by atomic mass is 15.3. The molecule has 3 aromatic rings. The molecule has 2 N–H and O–H groups in total. The molecular weight excluding hydrogens is 388 g/mol. The molecule has 1 aliphatic rings. The number of benzene rings is 1. The summed E-state index contributed by atoms with van der Waals surface area (Å²) >= 11 is 0. The van der Waals surface area contributed by atoms with Crippen molar-refractivity contribution in [1.29, 1.82) is 0 Å². The zero-order chi connectivity index (χ0) is 21.5. The highest BCUT2D eigenvalue weighted by molar-refractivity contribution is 5.79. The molecule has 0 saturated heterocycles. The van der Waals surface area contributed by atoms with Crippen LogP contribution in [0.4, 0.5) is 0 Å². The van der Waals surface area contributed by atoms with E-state index in [0.717, 1.165) is 80.9 Å². The van der Waals surface area contributed by atoms with Gasteiger partial charge in [0.15, 0.2) is 5.96 Å².